The maximum Gasteiger partial charge on any atom is 0.279 e. The molecule has 2 amide bonds. The number of amides is 2. The summed E-state index contributed by atoms with van der Waals surface area (Å²) in [5, 5.41) is 0. The first-order chi connectivity index (χ1) is 11.1. The highest BCUT2D eigenvalue weighted by Crippen LogP contribution is 2.16. The fourth-order valence-corrected chi connectivity index (χ4v) is 1.77. The van der Waals surface area contributed by atoms with Crippen LogP contribution in [0.3, 0.4) is 0 Å². The molecule has 0 fully saturated rings. The van der Waals surface area contributed by atoms with Gasteiger partial charge in [0, 0.05) is 12.8 Å². The molecule has 0 aliphatic rings. The first kappa shape index (κ1) is 16.5. The van der Waals surface area contributed by atoms with E-state index in [1.165, 1.54) is 31.4 Å². The molecular weight excluding hydrogens is 303 g/mol. The highest BCUT2D eigenvalue weighted by Gasteiger charge is 2.17. The summed E-state index contributed by atoms with van der Waals surface area (Å²) in [7, 11) is 0. The number of nitrogens with one attached hydrogen (secondary N) is 2. The Morgan fingerprint density at radius 3 is 2.70 bits per heavy atom. The van der Waals surface area contributed by atoms with E-state index in [0.717, 1.165) is 0 Å². The molecule has 2 aromatic rings. The Hall–Kier alpha value is -2.83. The topological polar surface area (TPSA) is 80.6 Å². The molecule has 1 unspecified atom stereocenters. The third-order valence-electron chi connectivity index (χ3n) is 3.01. The Morgan fingerprint density at radius 2 is 2.00 bits per heavy atom. The van der Waals surface area contributed by atoms with Crippen LogP contribution in [0.1, 0.15) is 19.1 Å². The van der Waals surface area contributed by atoms with Crippen molar-refractivity contribution in [2.45, 2.75) is 25.9 Å². The lowest BCUT2D eigenvalue weighted by atomic mass is 10.2. The van der Waals surface area contributed by atoms with E-state index < -0.39 is 17.8 Å². The predicted octanol–water partition coefficient (Wildman–Crippen LogP) is 1.97. The van der Waals surface area contributed by atoms with E-state index >= 15 is 0 Å². The summed E-state index contributed by atoms with van der Waals surface area (Å²) in [6.45, 7) is 1.46. The van der Waals surface area contributed by atoms with Gasteiger partial charge in [-0.25, -0.2) is 4.39 Å². The minimum atomic E-state index is -0.961. The number of carbonyl (C=O) groups is 2. The number of halogens is 1. The minimum Gasteiger partial charge on any atom is -0.478 e. The van der Waals surface area contributed by atoms with Gasteiger partial charge in [-0.15, -0.1) is 0 Å². The molecule has 2 rings (SSSR count). The lowest BCUT2D eigenvalue weighted by Crippen LogP contribution is -2.47. The number of hydrogen-bond acceptors (Lipinski definition) is 4. The molecule has 1 aromatic carbocycles. The Balaban J connectivity index is 1.73. The van der Waals surface area contributed by atoms with Crippen LogP contribution in [0.4, 0.5) is 4.39 Å². The Labute approximate surface area is 132 Å². The molecule has 2 N–H and O–H groups in total. The molecule has 6 nitrogen and oxygen atoms in total. The van der Waals surface area contributed by atoms with Gasteiger partial charge in [-0.2, -0.15) is 0 Å². The summed E-state index contributed by atoms with van der Waals surface area (Å²) < 4.78 is 23.7. The van der Waals surface area contributed by atoms with Crippen LogP contribution in [-0.4, -0.2) is 17.9 Å². The highest BCUT2D eigenvalue weighted by molar-refractivity contribution is 5.84. The monoisotopic (exact) mass is 320 g/mol. The molecule has 23 heavy (non-hydrogen) atoms. The van der Waals surface area contributed by atoms with Gasteiger partial charge in [-0.1, -0.05) is 12.1 Å². The third-order valence-corrected chi connectivity index (χ3v) is 3.01. The molecular formula is C16H17FN2O4. The van der Waals surface area contributed by atoms with Crippen molar-refractivity contribution in [2.24, 2.45) is 0 Å². The van der Waals surface area contributed by atoms with Crippen molar-refractivity contribution >= 4 is 11.8 Å². The average Bonchev–Trinajstić information content (AvgIpc) is 3.06. The van der Waals surface area contributed by atoms with Gasteiger partial charge in [0.2, 0.25) is 5.91 Å². The van der Waals surface area contributed by atoms with Crippen LogP contribution in [0.15, 0.2) is 47.1 Å². The van der Waals surface area contributed by atoms with Crippen LogP contribution in [0.2, 0.25) is 0 Å². The van der Waals surface area contributed by atoms with E-state index in [0.29, 0.717) is 12.2 Å². The normalized spacial score (nSPS) is 11.6. The van der Waals surface area contributed by atoms with Crippen LogP contribution < -0.4 is 15.6 Å². The van der Waals surface area contributed by atoms with Crippen LogP contribution in [0, 0.1) is 5.82 Å². The molecule has 0 aliphatic heterocycles. The number of carbonyl (C=O) groups excluding carboxylic acids is 2. The molecule has 1 heterocycles. The quantitative estimate of drug-likeness (QED) is 0.797. The third kappa shape index (κ3) is 5.14. The summed E-state index contributed by atoms with van der Waals surface area (Å²) in [6, 6.07) is 9.26. The van der Waals surface area contributed by atoms with Gasteiger partial charge in [0.1, 0.15) is 5.76 Å². The number of furan rings is 1. The molecule has 0 saturated heterocycles. The second kappa shape index (κ2) is 7.98. The van der Waals surface area contributed by atoms with Crippen LogP contribution >= 0.6 is 0 Å². The number of aryl methyl sites for hydroxylation is 1. The first-order valence-electron chi connectivity index (χ1n) is 7.08. The van der Waals surface area contributed by atoms with Crippen LogP contribution in [0.5, 0.6) is 5.75 Å². The predicted molar refractivity (Wildman–Crippen MR) is 79.8 cm³/mol. The molecule has 0 aliphatic carbocycles. The molecule has 0 spiro atoms. The maximum absolute atomic E-state index is 13.4. The van der Waals surface area contributed by atoms with Gasteiger partial charge >= 0.3 is 0 Å². The van der Waals surface area contributed by atoms with Gasteiger partial charge < -0.3 is 9.15 Å². The number of ether oxygens (including phenoxy) is 1. The molecule has 0 radical (unpaired) electrons. The van der Waals surface area contributed by atoms with Crippen molar-refractivity contribution < 1.29 is 23.1 Å². The summed E-state index contributed by atoms with van der Waals surface area (Å²) in [5.74, 6) is -0.857. The Kier molecular flexibility index (Phi) is 5.74. The fourth-order valence-electron chi connectivity index (χ4n) is 1.77. The molecule has 0 bridgehead atoms. The van der Waals surface area contributed by atoms with E-state index in [2.05, 4.69) is 10.9 Å². The van der Waals surface area contributed by atoms with Gasteiger partial charge in [-0.05, 0) is 31.2 Å². The average molecular weight is 320 g/mol. The second-order valence-corrected chi connectivity index (χ2v) is 4.81. The van der Waals surface area contributed by atoms with Crippen molar-refractivity contribution in [3.63, 3.8) is 0 Å². The largest absolute Gasteiger partial charge is 0.478 e. The zero-order valence-electron chi connectivity index (χ0n) is 12.5. The lowest BCUT2D eigenvalue weighted by molar-refractivity contribution is -0.132. The van der Waals surface area contributed by atoms with Crippen molar-refractivity contribution in [3.8, 4) is 5.75 Å². The molecule has 122 valence electrons. The summed E-state index contributed by atoms with van der Waals surface area (Å²) in [4.78, 5) is 23.4. The van der Waals surface area contributed by atoms with E-state index in [4.69, 9.17) is 9.15 Å². The van der Waals surface area contributed by atoms with Crippen molar-refractivity contribution in [1.29, 1.82) is 0 Å². The number of benzene rings is 1. The van der Waals surface area contributed by atoms with Gasteiger partial charge in [0.15, 0.2) is 17.7 Å². The molecule has 1 aromatic heterocycles. The maximum atomic E-state index is 13.4. The standard InChI is InChI=1S/C16H17FN2O4/c1-11(23-14-7-3-2-6-13(14)17)16(21)19-18-15(20)9-8-12-5-4-10-22-12/h2-7,10-11H,8-9H2,1H3,(H,18,20)(H,19,21). The van der Waals surface area contributed by atoms with Gasteiger partial charge in [-0.3, -0.25) is 20.4 Å². The zero-order chi connectivity index (χ0) is 16.7. The Morgan fingerprint density at radius 1 is 1.22 bits per heavy atom. The van der Waals surface area contributed by atoms with Gasteiger partial charge in [0.25, 0.3) is 5.91 Å². The number of hydrogen-bond donors (Lipinski definition) is 2. The van der Waals surface area contributed by atoms with E-state index in [9.17, 15) is 14.0 Å². The van der Waals surface area contributed by atoms with E-state index in [-0.39, 0.29) is 18.1 Å². The van der Waals surface area contributed by atoms with Crippen LogP contribution in [0.25, 0.3) is 0 Å². The second-order valence-electron chi connectivity index (χ2n) is 4.81. The van der Waals surface area contributed by atoms with Crippen LogP contribution in [-0.2, 0) is 16.0 Å². The molecule has 1 atom stereocenters. The Bertz CT molecular complexity index is 658. The highest BCUT2D eigenvalue weighted by atomic mass is 19.1. The van der Waals surface area contributed by atoms with Crippen molar-refractivity contribution in [3.05, 3.63) is 54.2 Å². The lowest BCUT2D eigenvalue weighted by Gasteiger charge is -2.15. The molecule has 0 saturated carbocycles. The summed E-state index contributed by atoms with van der Waals surface area (Å²) in [6.07, 6.45) is 1.15. The fraction of sp³-hybridized carbons (Fsp3) is 0.250. The first-order valence-corrected chi connectivity index (χ1v) is 7.08. The summed E-state index contributed by atoms with van der Waals surface area (Å²) >= 11 is 0. The number of rotatable bonds is 6. The zero-order valence-corrected chi connectivity index (χ0v) is 12.5. The number of hydrazine groups is 1. The minimum absolute atomic E-state index is 0.0284. The SMILES string of the molecule is CC(Oc1ccccc1F)C(=O)NNC(=O)CCc1ccco1. The molecule has 7 heteroatoms. The number of para-hydroxylation sites is 1. The van der Waals surface area contributed by atoms with Crippen molar-refractivity contribution in [1.82, 2.24) is 10.9 Å². The van der Waals surface area contributed by atoms with Gasteiger partial charge in [0.05, 0.1) is 6.26 Å². The smallest absolute Gasteiger partial charge is 0.279 e. The van der Waals surface area contributed by atoms with E-state index in [1.807, 2.05) is 0 Å². The van der Waals surface area contributed by atoms with Crippen molar-refractivity contribution in [2.75, 3.05) is 0 Å². The summed E-state index contributed by atoms with van der Waals surface area (Å²) in [5.41, 5.74) is 4.51. The van der Waals surface area contributed by atoms with E-state index in [1.54, 1.807) is 18.2 Å².